The highest BCUT2D eigenvalue weighted by molar-refractivity contribution is 7.99. The average Bonchev–Trinajstić information content (AvgIpc) is 3.42. The summed E-state index contributed by atoms with van der Waals surface area (Å²) in [5, 5.41) is 19.3. The zero-order valence-electron chi connectivity index (χ0n) is 16.7. The molecule has 0 saturated carbocycles. The molecule has 0 saturated heterocycles. The minimum Gasteiger partial charge on any atom is -0.497 e. The molecule has 0 bridgehead atoms. The van der Waals surface area contributed by atoms with E-state index in [4.69, 9.17) is 33.8 Å². The summed E-state index contributed by atoms with van der Waals surface area (Å²) < 4.78 is 6.47. The number of thioether (sulfide) groups is 1. The lowest BCUT2D eigenvalue weighted by molar-refractivity contribution is -0.113. The average molecular weight is 490 g/mol. The van der Waals surface area contributed by atoms with Crippen LogP contribution in [0.3, 0.4) is 0 Å². The smallest absolute Gasteiger partial charge is 0.234 e. The van der Waals surface area contributed by atoms with E-state index in [0.717, 1.165) is 28.8 Å². The van der Waals surface area contributed by atoms with Crippen molar-refractivity contribution in [2.24, 2.45) is 0 Å². The van der Waals surface area contributed by atoms with Crippen molar-refractivity contribution in [3.05, 3.63) is 58.6 Å². The minimum absolute atomic E-state index is 0.0538. The fourth-order valence-electron chi connectivity index (χ4n) is 2.81. The van der Waals surface area contributed by atoms with Crippen molar-refractivity contribution in [1.29, 1.82) is 0 Å². The van der Waals surface area contributed by atoms with Gasteiger partial charge >= 0.3 is 0 Å². The molecule has 0 aliphatic heterocycles. The zero-order chi connectivity index (χ0) is 22.7. The number of H-pyrrole nitrogens is 1. The third-order valence-corrected chi connectivity index (χ3v) is 5.91. The fourth-order valence-corrected chi connectivity index (χ4v) is 3.81. The van der Waals surface area contributed by atoms with E-state index in [-0.39, 0.29) is 11.7 Å². The molecule has 12 heteroatoms. The Kier molecular flexibility index (Phi) is 6.54. The van der Waals surface area contributed by atoms with Gasteiger partial charge in [-0.2, -0.15) is 5.10 Å². The van der Waals surface area contributed by atoms with Crippen LogP contribution in [-0.2, 0) is 4.79 Å². The first-order valence-corrected chi connectivity index (χ1v) is 11.0. The van der Waals surface area contributed by atoms with Crippen molar-refractivity contribution in [2.45, 2.75) is 5.16 Å². The van der Waals surface area contributed by atoms with Gasteiger partial charge in [-0.1, -0.05) is 35.0 Å². The maximum absolute atomic E-state index is 12.3. The van der Waals surface area contributed by atoms with Crippen LogP contribution in [0.15, 0.2) is 53.7 Å². The van der Waals surface area contributed by atoms with Gasteiger partial charge < -0.3 is 15.9 Å². The Morgan fingerprint density at radius 2 is 1.97 bits per heavy atom. The monoisotopic (exact) mass is 489 g/mol. The second kappa shape index (κ2) is 9.51. The van der Waals surface area contributed by atoms with Crippen LogP contribution in [-0.4, -0.2) is 43.8 Å². The SMILES string of the molecule is COc1ccc(-c2cc(-c3nnc(SCC(=O)Nc4cc(Cl)ccc4Cl)n3N)[nH]n2)cc1. The van der Waals surface area contributed by atoms with Gasteiger partial charge in [0.2, 0.25) is 16.9 Å². The number of amides is 1. The number of benzene rings is 2. The number of carbonyl (C=O) groups is 1. The molecule has 1 amide bonds. The van der Waals surface area contributed by atoms with Gasteiger partial charge in [0.1, 0.15) is 11.4 Å². The van der Waals surface area contributed by atoms with Crippen LogP contribution in [0.4, 0.5) is 5.69 Å². The molecule has 0 fully saturated rings. The predicted octanol–water partition coefficient (Wildman–Crippen LogP) is 4.10. The highest BCUT2D eigenvalue weighted by atomic mass is 35.5. The summed E-state index contributed by atoms with van der Waals surface area (Å²) in [6.45, 7) is 0. The molecule has 0 spiro atoms. The molecule has 4 aromatic rings. The van der Waals surface area contributed by atoms with E-state index in [9.17, 15) is 4.79 Å². The van der Waals surface area contributed by atoms with Crippen LogP contribution in [0.1, 0.15) is 0 Å². The Morgan fingerprint density at radius 3 is 2.72 bits per heavy atom. The van der Waals surface area contributed by atoms with E-state index < -0.39 is 0 Å². The van der Waals surface area contributed by atoms with E-state index in [1.165, 1.54) is 4.68 Å². The number of aromatic nitrogens is 5. The Bertz CT molecular complexity index is 1260. The molecule has 0 radical (unpaired) electrons. The van der Waals surface area contributed by atoms with Crippen molar-refractivity contribution in [3.8, 4) is 28.5 Å². The summed E-state index contributed by atoms with van der Waals surface area (Å²) in [5.74, 6) is 7.05. The van der Waals surface area contributed by atoms with Crippen LogP contribution in [0, 0.1) is 0 Å². The van der Waals surface area contributed by atoms with Crippen LogP contribution in [0.25, 0.3) is 22.8 Å². The molecule has 32 heavy (non-hydrogen) atoms. The molecule has 2 aromatic carbocycles. The van der Waals surface area contributed by atoms with Crippen molar-refractivity contribution in [2.75, 3.05) is 24.0 Å². The van der Waals surface area contributed by atoms with Gasteiger partial charge in [-0.05, 0) is 48.5 Å². The number of aromatic amines is 1. The topological polar surface area (TPSA) is 124 Å². The Balaban J connectivity index is 1.43. The van der Waals surface area contributed by atoms with E-state index in [1.807, 2.05) is 30.3 Å². The van der Waals surface area contributed by atoms with Gasteiger partial charge in [0.05, 0.1) is 29.3 Å². The molecule has 2 heterocycles. The first-order chi connectivity index (χ1) is 15.4. The molecule has 2 aromatic heterocycles. The molecule has 164 valence electrons. The lowest BCUT2D eigenvalue weighted by atomic mass is 10.1. The Morgan fingerprint density at radius 1 is 1.19 bits per heavy atom. The summed E-state index contributed by atoms with van der Waals surface area (Å²) in [6, 6.07) is 14.2. The molecule has 9 nitrogen and oxygen atoms in total. The minimum atomic E-state index is -0.285. The number of nitrogens with zero attached hydrogens (tertiary/aromatic N) is 4. The number of anilines is 1. The second-order valence-electron chi connectivity index (χ2n) is 6.53. The van der Waals surface area contributed by atoms with Crippen LogP contribution >= 0.6 is 35.0 Å². The number of rotatable bonds is 7. The highest BCUT2D eigenvalue weighted by Gasteiger charge is 2.17. The quantitative estimate of drug-likeness (QED) is 0.263. The van der Waals surface area contributed by atoms with Crippen LogP contribution < -0.4 is 15.9 Å². The summed E-state index contributed by atoms with van der Waals surface area (Å²) in [6.07, 6.45) is 0. The first-order valence-electron chi connectivity index (χ1n) is 9.23. The number of halogens is 2. The third-order valence-electron chi connectivity index (χ3n) is 4.40. The highest BCUT2D eigenvalue weighted by Crippen LogP contribution is 2.27. The van der Waals surface area contributed by atoms with E-state index in [0.29, 0.717) is 32.4 Å². The van der Waals surface area contributed by atoms with E-state index in [1.54, 1.807) is 25.3 Å². The molecule has 4 rings (SSSR count). The number of methoxy groups -OCH3 is 1. The molecule has 4 N–H and O–H groups in total. The van der Waals surface area contributed by atoms with Crippen LogP contribution in [0.2, 0.25) is 10.0 Å². The van der Waals surface area contributed by atoms with Gasteiger partial charge in [-0.3, -0.25) is 9.89 Å². The number of hydrogen-bond donors (Lipinski definition) is 3. The number of nitrogen functional groups attached to an aromatic ring is 1. The number of nitrogens with one attached hydrogen (secondary N) is 2. The van der Waals surface area contributed by atoms with Gasteiger partial charge in [0.25, 0.3) is 0 Å². The number of carbonyl (C=O) groups excluding carboxylic acids is 1. The zero-order valence-corrected chi connectivity index (χ0v) is 19.0. The molecule has 0 atom stereocenters. The first kappa shape index (κ1) is 22.0. The van der Waals surface area contributed by atoms with Crippen LogP contribution in [0.5, 0.6) is 5.75 Å². The van der Waals surface area contributed by atoms with Crippen molar-refractivity contribution in [1.82, 2.24) is 25.1 Å². The van der Waals surface area contributed by atoms with Crippen molar-refractivity contribution >= 4 is 46.6 Å². The molecular formula is C20H17Cl2N7O2S. The van der Waals surface area contributed by atoms with Gasteiger partial charge in [0, 0.05) is 10.6 Å². The van der Waals surface area contributed by atoms with Crippen molar-refractivity contribution < 1.29 is 9.53 Å². The van der Waals surface area contributed by atoms with Crippen molar-refractivity contribution in [3.63, 3.8) is 0 Å². The largest absolute Gasteiger partial charge is 0.497 e. The van der Waals surface area contributed by atoms with Gasteiger partial charge in [-0.15, -0.1) is 10.2 Å². The molecule has 0 aliphatic carbocycles. The fraction of sp³-hybridized carbons (Fsp3) is 0.100. The standard InChI is InChI=1S/C20H17Cl2N7O2S/c1-31-13-5-2-11(3-6-13)15-9-17(26-25-15)19-27-28-20(29(19)23)32-10-18(30)24-16-8-12(21)4-7-14(16)22/h2-9H,10,23H2,1H3,(H,24,30)(H,25,26). The maximum atomic E-state index is 12.3. The van der Waals surface area contributed by atoms with Gasteiger partial charge in [-0.25, -0.2) is 4.68 Å². The number of nitrogens with two attached hydrogens (primary N) is 1. The van der Waals surface area contributed by atoms with E-state index in [2.05, 4.69) is 25.7 Å². The lowest BCUT2D eigenvalue weighted by Crippen LogP contribution is -2.16. The summed E-state index contributed by atoms with van der Waals surface area (Å²) in [5.41, 5.74) is 2.65. The summed E-state index contributed by atoms with van der Waals surface area (Å²) in [4.78, 5) is 12.3. The maximum Gasteiger partial charge on any atom is 0.234 e. The second-order valence-corrected chi connectivity index (χ2v) is 8.32. The lowest BCUT2D eigenvalue weighted by Gasteiger charge is -2.07. The Labute approximate surface area is 197 Å². The predicted molar refractivity (Wildman–Crippen MR) is 126 cm³/mol. The van der Waals surface area contributed by atoms with Gasteiger partial charge in [0.15, 0.2) is 0 Å². The Hall–Kier alpha value is -3.21. The normalized spacial score (nSPS) is 10.8. The molecule has 0 aliphatic rings. The summed E-state index contributed by atoms with van der Waals surface area (Å²) in [7, 11) is 1.61. The summed E-state index contributed by atoms with van der Waals surface area (Å²) >= 11 is 13.2. The number of ether oxygens (including phenoxy) is 1. The third kappa shape index (κ3) is 4.82. The molecular weight excluding hydrogens is 473 g/mol. The molecule has 0 unspecified atom stereocenters. The van der Waals surface area contributed by atoms with E-state index >= 15 is 0 Å². The number of hydrogen-bond acceptors (Lipinski definition) is 7.